The Morgan fingerprint density at radius 3 is 2.36 bits per heavy atom. The number of rotatable bonds is 0. The van der Waals surface area contributed by atoms with Crippen molar-refractivity contribution in [1.82, 2.24) is 4.68 Å². The Hall–Kier alpha value is -2.53. The molecule has 6 rings (SSSR count). The van der Waals surface area contributed by atoms with Crippen LogP contribution in [0.3, 0.4) is 0 Å². The fourth-order valence-corrected chi connectivity index (χ4v) is 6.92. The summed E-state index contributed by atoms with van der Waals surface area (Å²) in [6.07, 6.45) is 0. The Bertz CT molecular complexity index is 1330. The predicted octanol–water partition coefficient (Wildman–Crippen LogP) is 1.77. The van der Waals surface area contributed by atoms with Gasteiger partial charge in [-0.2, -0.15) is 0 Å². The fraction of sp³-hybridized carbons (Fsp3) is 0. The molecule has 5 aromatic rings. The Kier molecular flexibility index (Phi) is 2.61. The first kappa shape index (κ1) is 13.7. The first-order chi connectivity index (χ1) is 12.3. The van der Waals surface area contributed by atoms with E-state index in [1.165, 1.54) is 45.3 Å². The normalized spacial score (nSPS) is 13.1. The van der Waals surface area contributed by atoms with Crippen molar-refractivity contribution in [1.29, 1.82) is 0 Å². The van der Waals surface area contributed by atoms with Gasteiger partial charge >= 0.3 is 155 Å². The Morgan fingerprint density at radius 1 is 0.720 bits per heavy atom. The van der Waals surface area contributed by atoms with Crippen LogP contribution in [0.1, 0.15) is 0 Å². The first-order valence-electron chi connectivity index (χ1n) is 8.30. The standard InChI is InChI=1S/C22H14IN2/c24-25-20-12-14-6-2-1-5-13(14)11-17(20)15-9-10-19-21(22(15)25)16-7-3-4-8-18(16)23-19/h1-12H,24H2/q-1. The third kappa shape index (κ3) is 1.74. The van der Waals surface area contributed by atoms with Gasteiger partial charge in [-0.25, -0.2) is 0 Å². The van der Waals surface area contributed by atoms with Crippen LogP contribution in [-0.4, -0.2) is 4.68 Å². The van der Waals surface area contributed by atoms with Crippen LogP contribution < -0.4 is 27.0 Å². The minimum atomic E-state index is -0.115. The molecular weight excluding hydrogens is 419 g/mol. The number of aromatic nitrogens is 1. The van der Waals surface area contributed by atoms with E-state index in [0.717, 1.165) is 5.52 Å². The molecule has 0 atom stereocenters. The molecule has 2 heterocycles. The Labute approximate surface area is 155 Å². The van der Waals surface area contributed by atoms with E-state index in [9.17, 15) is 0 Å². The van der Waals surface area contributed by atoms with Crippen LogP contribution in [0, 0.1) is 7.14 Å². The summed E-state index contributed by atoms with van der Waals surface area (Å²) in [6, 6.07) is 26.4. The van der Waals surface area contributed by atoms with E-state index >= 15 is 0 Å². The average molecular weight is 433 g/mol. The molecule has 0 bridgehead atoms. The maximum absolute atomic E-state index is 6.62. The van der Waals surface area contributed by atoms with Crippen molar-refractivity contribution >= 4 is 32.6 Å². The van der Waals surface area contributed by atoms with E-state index in [1.807, 2.05) is 4.68 Å². The molecule has 4 aromatic carbocycles. The van der Waals surface area contributed by atoms with Crippen molar-refractivity contribution in [3.8, 4) is 11.1 Å². The van der Waals surface area contributed by atoms with Gasteiger partial charge in [-0.15, -0.1) is 0 Å². The van der Waals surface area contributed by atoms with E-state index in [2.05, 4.69) is 72.8 Å². The van der Waals surface area contributed by atoms with Crippen molar-refractivity contribution < 1.29 is 21.2 Å². The van der Waals surface area contributed by atoms with Crippen LogP contribution in [0.4, 0.5) is 0 Å². The van der Waals surface area contributed by atoms with Gasteiger partial charge in [-0.1, -0.05) is 0 Å². The molecule has 0 fully saturated rings. The van der Waals surface area contributed by atoms with Crippen LogP contribution >= 0.6 is 0 Å². The SMILES string of the molecule is Nn1c2cc3ccccc3cc2c2ccc3c(c21)-c1ccccc1[I-]3. The second-order valence-corrected chi connectivity index (χ2v) is 9.34. The molecule has 1 aliphatic heterocycles. The molecule has 0 aliphatic carbocycles. The molecule has 0 amide bonds. The van der Waals surface area contributed by atoms with Crippen LogP contribution in [0.15, 0.2) is 72.8 Å². The fourth-order valence-electron chi connectivity index (χ4n) is 3.99. The van der Waals surface area contributed by atoms with Crippen LogP contribution in [0.25, 0.3) is 43.7 Å². The zero-order valence-electron chi connectivity index (χ0n) is 13.3. The molecule has 2 nitrogen and oxygen atoms in total. The summed E-state index contributed by atoms with van der Waals surface area (Å²) in [5.41, 5.74) is 5.00. The van der Waals surface area contributed by atoms with Gasteiger partial charge < -0.3 is 0 Å². The van der Waals surface area contributed by atoms with E-state index in [4.69, 9.17) is 5.84 Å². The number of nitrogens with zero attached hydrogens (tertiary/aromatic N) is 1. The monoisotopic (exact) mass is 433 g/mol. The van der Waals surface area contributed by atoms with Crippen molar-refractivity contribution in [3.63, 3.8) is 0 Å². The zero-order chi connectivity index (χ0) is 16.5. The van der Waals surface area contributed by atoms with Crippen LogP contribution in [0.2, 0.25) is 0 Å². The minimum absolute atomic E-state index is 0.115. The van der Waals surface area contributed by atoms with Crippen LogP contribution in [-0.2, 0) is 0 Å². The Balaban J connectivity index is 1.83. The first-order valence-corrected chi connectivity index (χ1v) is 10.5. The topological polar surface area (TPSA) is 30.9 Å². The summed E-state index contributed by atoms with van der Waals surface area (Å²) in [6.45, 7) is 0. The second kappa shape index (κ2) is 4.76. The van der Waals surface area contributed by atoms with Gasteiger partial charge in [0, 0.05) is 0 Å². The van der Waals surface area contributed by atoms with Gasteiger partial charge in [-0.3, -0.25) is 0 Å². The third-order valence-corrected chi connectivity index (χ3v) is 8.13. The van der Waals surface area contributed by atoms with Crippen molar-refractivity contribution in [3.05, 3.63) is 79.9 Å². The molecule has 1 aromatic heterocycles. The van der Waals surface area contributed by atoms with Gasteiger partial charge in [0.15, 0.2) is 0 Å². The third-order valence-electron chi connectivity index (χ3n) is 5.13. The number of halogens is 1. The maximum atomic E-state index is 6.62. The number of fused-ring (bicyclic) bond motifs is 8. The summed E-state index contributed by atoms with van der Waals surface area (Å²) >= 11 is -0.115. The van der Waals surface area contributed by atoms with Crippen molar-refractivity contribution in [2.45, 2.75) is 0 Å². The van der Waals surface area contributed by atoms with E-state index < -0.39 is 0 Å². The van der Waals surface area contributed by atoms with E-state index in [1.54, 1.807) is 0 Å². The average Bonchev–Trinajstić information content (AvgIpc) is 3.16. The summed E-state index contributed by atoms with van der Waals surface area (Å²) < 4.78 is 4.88. The molecule has 3 heteroatoms. The van der Waals surface area contributed by atoms with Gasteiger partial charge in [0.2, 0.25) is 0 Å². The van der Waals surface area contributed by atoms with Gasteiger partial charge in [0.1, 0.15) is 0 Å². The van der Waals surface area contributed by atoms with Gasteiger partial charge in [0.05, 0.1) is 0 Å². The molecule has 2 N–H and O–H groups in total. The van der Waals surface area contributed by atoms with E-state index in [0.29, 0.717) is 0 Å². The predicted molar refractivity (Wildman–Crippen MR) is 99.9 cm³/mol. The van der Waals surface area contributed by atoms with Gasteiger partial charge in [0.25, 0.3) is 0 Å². The number of benzene rings is 4. The molecule has 0 spiro atoms. The summed E-state index contributed by atoms with van der Waals surface area (Å²) in [5, 5.41) is 4.98. The molecule has 120 valence electrons. The number of hydrogen-bond acceptors (Lipinski definition) is 1. The summed E-state index contributed by atoms with van der Waals surface area (Å²) in [5.74, 6) is 6.62. The summed E-state index contributed by atoms with van der Waals surface area (Å²) in [7, 11) is 0. The molecule has 0 radical (unpaired) electrons. The molecule has 0 saturated heterocycles. The molecule has 1 aliphatic rings. The molecular formula is C22H14IN2-. The van der Waals surface area contributed by atoms with Crippen molar-refractivity contribution in [2.24, 2.45) is 0 Å². The molecule has 25 heavy (non-hydrogen) atoms. The van der Waals surface area contributed by atoms with Crippen LogP contribution in [0.5, 0.6) is 0 Å². The number of nitrogens with two attached hydrogens (primary N) is 1. The van der Waals surface area contributed by atoms with Gasteiger partial charge in [-0.05, 0) is 0 Å². The Morgan fingerprint density at radius 2 is 1.48 bits per heavy atom. The quantitative estimate of drug-likeness (QED) is 0.288. The zero-order valence-corrected chi connectivity index (χ0v) is 15.5. The molecule has 0 saturated carbocycles. The molecule has 0 unspecified atom stereocenters. The number of nitrogen functional groups attached to an aromatic ring is 1. The van der Waals surface area contributed by atoms with Crippen molar-refractivity contribution in [2.75, 3.05) is 5.84 Å². The number of hydrogen-bond donors (Lipinski definition) is 1. The summed E-state index contributed by atoms with van der Waals surface area (Å²) in [4.78, 5) is 0. The van der Waals surface area contributed by atoms with E-state index in [-0.39, 0.29) is 21.2 Å². The second-order valence-electron chi connectivity index (χ2n) is 6.48.